The van der Waals surface area contributed by atoms with E-state index in [0.29, 0.717) is 17.1 Å². The van der Waals surface area contributed by atoms with Crippen molar-refractivity contribution in [1.82, 2.24) is 5.32 Å². The smallest absolute Gasteiger partial charge is 0.305 e. The number of nitro groups is 1. The van der Waals surface area contributed by atoms with Gasteiger partial charge in [-0.15, -0.1) is 5.10 Å². The number of rotatable bonds is 6. The topological polar surface area (TPSA) is 147 Å². The molecule has 2 aromatic rings. The monoisotopic (exact) mass is 388 g/mol. The molecule has 11 heteroatoms. The molecule has 2 heterocycles. The number of aliphatic carboxylic acids is 1. The quantitative estimate of drug-likeness (QED) is 0.438. The van der Waals surface area contributed by atoms with Gasteiger partial charge in [0.05, 0.1) is 23.1 Å². The first-order valence-corrected chi connectivity index (χ1v) is 8.46. The summed E-state index contributed by atoms with van der Waals surface area (Å²) in [6, 6.07) is 9.33. The molecule has 1 aromatic heterocycles. The first kappa shape index (κ1) is 18.3. The second-order valence-electron chi connectivity index (χ2n) is 5.32. The van der Waals surface area contributed by atoms with Crippen LogP contribution in [0, 0.1) is 10.1 Å². The number of furan rings is 1. The van der Waals surface area contributed by atoms with Gasteiger partial charge in [-0.3, -0.25) is 19.7 Å². The second-order valence-corrected chi connectivity index (χ2v) is 6.51. The highest BCUT2D eigenvalue weighted by Crippen LogP contribution is 2.30. The number of nitrogens with one attached hydrogen (secondary N) is 1. The van der Waals surface area contributed by atoms with Crippen molar-refractivity contribution in [2.45, 2.75) is 11.7 Å². The van der Waals surface area contributed by atoms with E-state index in [9.17, 15) is 19.7 Å². The zero-order valence-corrected chi connectivity index (χ0v) is 14.4. The minimum absolute atomic E-state index is 0.0786. The van der Waals surface area contributed by atoms with Crippen LogP contribution in [-0.4, -0.2) is 38.5 Å². The number of para-hydroxylation sites is 1. The summed E-state index contributed by atoms with van der Waals surface area (Å²) < 4.78 is 5.53. The highest BCUT2D eigenvalue weighted by atomic mass is 32.2. The molecule has 3 rings (SSSR count). The number of carboxylic acids is 1. The highest BCUT2D eigenvalue weighted by Gasteiger charge is 2.32. The Labute approximate surface area is 156 Å². The Bertz CT molecular complexity index is 967. The number of amides is 1. The largest absolute Gasteiger partial charge is 0.481 e. The summed E-state index contributed by atoms with van der Waals surface area (Å²) in [6.07, 6.45) is 0.971. The van der Waals surface area contributed by atoms with Gasteiger partial charge in [0.1, 0.15) is 16.8 Å². The van der Waals surface area contributed by atoms with Crippen molar-refractivity contribution in [1.29, 1.82) is 0 Å². The second kappa shape index (κ2) is 7.83. The molecule has 1 aromatic carbocycles. The molecule has 0 spiro atoms. The maximum Gasteiger partial charge on any atom is 0.305 e. The fraction of sp³-hybridized carbons (Fsp3) is 0.125. The lowest BCUT2D eigenvalue weighted by Gasteiger charge is -1.98. The third kappa shape index (κ3) is 4.39. The summed E-state index contributed by atoms with van der Waals surface area (Å²) in [6.45, 7) is 0. The van der Waals surface area contributed by atoms with Crippen LogP contribution in [0.2, 0.25) is 0 Å². The van der Waals surface area contributed by atoms with Crippen LogP contribution in [0.4, 0.5) is 5.69 Å². The molecule has 0 bridgehead atoms. The van der Waals surface area contributed by atoms with Crippen molar-refractivity contribution in [3.05, 3.63) is 52.3 Å². The maximum absolute atomic E-state index is 11.6. The van der Waals surface area contributed by atoms with Gasteiger partial charge < -0.3 is 14.8 Å². The predicted octanol–water partition coefficient (Wildman–Crippen LogP) is 2.25. The molecular formula is C16H12N4O6S. The zero-order valence-electron chi connectivity index (χ0n) is 13.6. The molecule has 27 heavy (non-hydrogen) atoms. The van der Waals surface area contributed by atoms with Gasteiger partial charge in [-0.2, -0.15) is 5.10 Å². The average molecular weight is 388 g/mol. The highest BCUT2D eigenvalue weighted by molar-refractivity contribution is 8.15. The van der Waals surface area contributed by atoms with E-state index in [0.717, 1.165) is 11.8 Å². The van der Waals surface area contributed by atoms with Crippen molar-refractivity contribution >= 4 is 40.7 Å². The third-order valence-electron chi connectivity index (χ3n) is 3.46. The summed E-state index contributed by atoms with van der Waals surface area (Å²) in [5.41, 5.74) is 0.258. The number of amidine groups is 1. The van der Waals surface area contributed by atoms with Crippen molar-refractivity contribution in [2.24, 2.45) is 10.2 Å². The number of thioether (sulfide) groups is 1. The molecule has 2 N–H and O–H groups in total. The van der Waals surface area contributed by atoms with E-state index in [1.54, 1.807) is 30.3 Å². The van der Waals surface area contributed by atoms with Crippen LogP contribution >= 0.6 is 11.8 Å². The number of carbonyl (C=O) groups is 2. The van der Waals surface area contributed by atoms with Gasteiger partial charge in [-0.25, -0.2) is 0 Å². The number of benzene rings is 1. The Morgan fingerprint density at radius 1 is 1.37 bits per heavy atom. The van der Waals surface area contributed by atoms with E-state index in [2.05, 4.69) is 15.5 Å². The van der Waals surface area contributed by atoms with Gasteiger partial charge in [-0.1, -0.05) is 23.9 Å². The van der Waals surface area contributed by atoms with Crippen LogP contribution < -0.4 is 5.32 Å². The summed E-state index contributed by atoms with van der Waals surface area (Å²) in [4.78, 5) is 32.9. The van der Waals surface area contributed by atoms with Gasteiger partial charge in [0.2, 0.25) is 5.91 Å². The molecule has 1 aliphatic heterocycles. The number of nitrogens with zero attached hydrogens (tertiary/aromatic N) is 3. The van der Waals surface area contributed by atoms with Crippen molar-refractivity contribution in [3.63, 3.8) is 0 Å². The van der Waals surface area contributed by atoms with E-state index in [4.69, 9.17) is 9.52 Å². The van der Waals surface area contributed by atoms with Crippen molar-refractivity contribution in [2.75, 3.05) is 0 Å². The van der Waals surface area contributed by atoms with Crippen molar-refractivity contribution < 1.29 is 24.0 Å². The number of carbonyl (C=O) groups excluding carboxylic acids is 1. The Kier molecular flexibility index (Phi) is 5.31. The number of carboxylic acid groups (broad SMARTS) is 1. The van der Waals surface area contributed by atoms with Crippen molar-refractivity contribution in [3.8, 4) is 11.3 Å². The van der Waals surface area contributed by atoms with E-state index in [1.165, 1.54) is 12.3 Å². The standard InChI is InChI=1S/C16H12N4O6S/c21-14(22)7-13-15(23)18-16(27-13)19-17-8-9-5-6-12(26-9)10-3-1-2-4-11(10)20(24)25/h1-6,8,13H,7H2,(H,21,22)(H,18,19,23)/b17-8-/t13-/m0/s1. The Morgan fingerprint density at radius 3 is 2.89 bits per heavy atom. The van der Waals surface area contributed by atoms with E-state index < -0.39 is 22.0 Å². The molecule has 138 valence electrons. The summed E-state index contributed by atoms with van der Waals surface area (Å²) in [5.74, 6) is -0.899. The molecule has 0 aliphatic carbocycles. The zero-order chi connectivity index (χ0) is 19.4. The lowest BCUT2D eigenvalue weighted by Crippen LogP contribution is -2.26. The number of hydrogen-bond acceptors (Lipinski definition) is 8. The predicted molar refractivity (Wildman–Crippen MR) is 97.6 cm³/mol. The number of nitro benzene ring substituents is 1. The van der Waals surface area contributed by atoms with Crippen LogP contribution in [0.25, 0.3) is 11.3 Å². The summed E-state index contributed by atoms with van der Waals surface area (Å²) in [7, 11) is 0. The Hall–Kier alpha value is -3.47. The maximum atomic E-state index is 11.6. The van der Waals surface area contributed by atoms with Gasteiger partial charge in [0, 0.05) is 6.07 Å². The molecule has 0 unspecified atom stereocenters. The Balaban J connectivity index is 1.71. The minimum atomic E-state index is -1.08. The molecule has 1 atom stereocenters. The SMILES string of the molecule is O=C(O)C[C@@H]1S/C(=N/N=C\c2ccc(-c3ccccc3[N+](=O)[O-])o2)NC1=O. The first-order chi connectivity index (χ1) is 12.9. The normalized spacial score (nSPS) is 18.1. The first-order valence-electron chi connectivity index (χ1n) is 7.58. The van der Waals surface area contributed by atoms with Gasteiger partial charge >= 0.3 is 5.97 Å². The molecule has 0 saturated carbocycles. The third-order valence-corrected chi connectivity index (χ3v) is 4.54. The van der Waals surface area contributed by atoms with Gasteiger partial charge in [0.25, 0.3) is 5.69 Å². The fourth-order valence-electron chi connectivity index (χ4n) is 2.29. The molecule has 1 fully saturated rings. The lowest BCUT2D eigenvalue weighted by molar-refractivity contribution is -0.384. The molecule has 0 radical (unpaired) electrons. The van der Waals surface area contributed by atoms with E-state index in [1.807, 2.05) is 0 Å². The molecule has 1 saturated heterocycles. The molecule has 1 aliphatic rings. The van der Waals surface area contributed by atoms with E-state index in [-0.39, 0.29) is 17.3 Å². The van der Waals surface area contributed by atoms with Crippen LogP contribution in [0.5, 0.6) is 0 Å². The summed E-state index contributed by atoms with van der Waals surface area (Å²) in [5, 5.41) is 29.3. The lowest BCUT2D eigenvalue weighted by atomic mass is 10.1. The molecule has 1 amide bonds. The number of hydrogen-bond donors (Lipinski definition) is 2. The molecule has 10 nitrogen and oxygen atoms in total. The fourth-order valence-corrected chi connectivity index (χ4v) is 3.21. The Morgan fingerprint density at radius 2 is 2.15 bits per heavy atom. The van der Waals surface area contributed by atoms with Crippen LogP contribution in [0.3, 0.4) is 0 Å². The summed E-state index contributed by atoms with van der Waals surface area (Å²) >= 11 is 0.979. The molecular weight excluding hydrogens is 376 g/mol. The average Bonchev–Trinajstić information content (AvgIpc) is 3.22. The van der Waals surface area contributed by atoms with Crippen LogP contribution in [0.1, 0.15) is 12.2 Å². The van der Waals surface area contributed by atoms with Crippen LogP contribution in [0.15, 0.2) is 51.0 Å². The van der Waals surface area contributed by atoms with Crippen LogP contribution in [-0.2, 0) is 9.59 Å². The van der Waals surface area contributed by atoms with Gasteiger partial charge in [0.15, 0.2) is 5.17 Å². The van der Waals surface area contributed by atoms with Gasteiger partial charge in [-0.05, 0) is 18.2 Å². The minimum Gasteiger partial charge on any atom is -0.481 e. The van der Waals surface area contributed by atoms with E-state index >= 15 is 0 Å².